The van der Waals surface area contributed by atoms with Gasteiger partial charge < -0.3 is 8.98 Å². The van der Waals surface area contributed by atoms with Crippen LogP contribution >= 0.6 is 0 Å². The van der Waals surface area contributed by atoms with E-state index in [-0.39, 0.29) is 0 Å². The van der Waals surface area contributed by atoms with Gasteiger partial charge in [0.1, 0.15) is 16.8 Å². The third kappa shape index (κ3) is 3.75. The lowest BCUT2D eigenvalue weighted by Crippen LogP contribution is -2.03. The van der Waals surface area contributed by atoms with Crippen LogP contribution in [0.15, 0.2) is 162 Å². The Labute approximate surface area is 279 Å². The number of hydrogen-bond donors (Lipinski definition) is 0. The summed E-state index contributed by atoms with van der Waals surface area (Å²) in [5, 5.41) is 8.07. The standard InChI is InChI=1S/C44H26N4O/c1-2-14-30(15-3-1)47-36-19-9-6-16-31(36)33-23-22-29(26-38(33)47)41-43(46-44-42(45-41)34-18-8-11-21-40(34)49-44)48-37-20-10-7-17-32(37)35-24-27-12-4-5-13-28(27)25-39(35)48/h1-26H. The Morgan fingerprint density at radius 3 is 1.86 bits per heavy atom. The van der Waals surface area contributed by atoms with E-state index in [1.807, 2.05) is 18.2 Å². The summed E-state index contributed by atoms with van der Waals surface area (Å²) in [5.41, 5.74) is 9.35. The van der Waals surface area contributed by atoms with Crippen molar-refractivity contribution in [2.24, 2.45) is 0 Å². The molecule has 11 rings (SSSR count). The first-order valence-electron chi connectivity index (χ1n) is 16.5. The third-order valence-corrected chi connectivity index (χ3v) is 9.91. The van der Waals surface area contributed by atoms with Gasteiger partial charge in [-0.1, -0.05) is 103 Å². The van der Waals surface area contributed by atoms with Crippen LogP contribution in [-0.2, 0) is 0 Å². The first-order valence-corrected chi connectivity index (χ1v) is 16.5. The summed E-state index contributed by atoms with van der Waals surface area (Å²) >= 11 is 0. The van der Waals surface area contributed by atoms with E-state index in [0.29, 0.717) is 5.71 Å². The van der Waals surface area contributed by atoms with Crippen molar-refractivity contribution in [1.29, 1.82) is 0 Å². The highest BCUT2D eigenvalue weighted by Crippen LogP contribution is 2.40. The minimum Gasteiger partial charge on any atom is -0.436 e. The molecule has 0 saturated heterocycles. The number of fused-ring (bicyclic) bond motifs is 10. The molecule has 0 spiro atoms. The van der Waals surface area contributed by atoms with Crippen LogP contribution in [0.3, 0.4) is 0 Å². The van der Waals surface area contributed by atoms with Crippen LogP contribution in [0.1, 0.15) is 0 Å². The van der Waals surface area contributed by atoms with Gasteiger partial charge in [-0.2, -0.15) is 4.98 Å². The number of rotatable bonds is 3. The van der Waals surface area contributed by atoms with E-state index in [4.69, 9.17) is 14.4 Å². The van der Waals surface area contributed by atoms with Crippen molar-refractivity contribution in [3.63, 3.8) is 0 Å². The molecule has 0 aliphatic rings. The second kappa shape index (κ2) is 9.89. The van der Waals surface area contributed by atoms with Crippen LogP contribution < -0.4 is 0 Å². The first-order chi connectivity index (χ1) is 24.3. The predicted octanol–water partition coefficient (Wildman–Crippen LogP) is 11.4. The Balaban J connectivity index is 1.28. The van der Waals surface area contributed by atoms with Crippen LogP contribution in [0.4, 0.5) is 0 Å². The van der Waals surface area contributed by atoms with Crippen molar-refractivity contribution < 1.29 is 4.42 Å². The van der Waals surface area contributed by atoms with Crippen LogP contribution in [0.25, 0.3) is 99.3 Å². The summed E-state index contributed by atoms with van der Waals surface area (Å²) in [6.07, 6.45) is 0. The largest absolute Gasteiger partial charge is 0.436 e. The van der Waals surface area contributed by atoms with Crippen molar-refractivity contribution in [2.75, 3.05) is 0 Å². The zero-order valence-corrected chi connectivity index (χ0v) is 26.2. The van der Waals surface area contributed by atoms with Gasteiger partial charge in [0.05, 0.1) is 22.1 Å². The van der Waals surface area contributed by atoms with Crippen LogP contribution in [-0.4, -0.2) is 19.1 Å². The Hall–Kier alpha value is -6.72. The molecule has 5 heteroatoms. The fraction of sp³-hybridized carbons (Fsp3) is 0. The zero-order valence-electron chi connectivity index (χ0n) is 26.2. The zero-order chi connectivity index (χ0) is 32.1. The normalized spacial score (nSPS) is 12.1. The molecule has 7 aromatic carbocycles. The van der Waals surface area contributed by atoms with Crippen molar-refractivity contribution in [2.45, 2.75) is 0 Å². The van der Waals surface area contributed by atoms with Gasteiger partial charge in [0.25, 0.3) is 0 Å². The lowest BCUT2D eigenvalue weighted by Gasteiger charge is -2.13. The maximum absolute atomic E-state index is 6.37. The molecule has 228 valence electrons. The molecule has 4 aromatic heterocycles. The highest BCUT2D eigenvalue weighted by Gasteiger charge is 2.23. The minimum absolute atomic E-state index is 0.520. The lowest BCUT2D eigenvalue weighted by molar-refractivity contribution is 0.652. The Bertz CT molecular complexity index is 3110. The molecule has 11 aromatic rings. The molecule has 5 nitrogen and oxygen atoms in total. The molecule has 0 bridgehead atoms. The Morgan fingerprint density at radius 2 is 1.04 bits per heavy atom. The van der Waals surface area contributed by atoms with Gasteiger partial charge in [0.15, 0.2) is 5.82 Å². The SMILES string of the molecule is c1ccc(-n2c3ccccc3c3ccc(-c4nc5c(nc4-n4c6ccccc6c6cc7ccccc7cc64)oc4ccccc45)cc32)cc1. The second-order valence-electron chi connectivity index (χ2n) is 12.6. The highest BCUT2D eigenvalue weighted by molar-refractivity contribution is 6.14. The smallest absolute Gasteiger partial charge is 0.248 e. The number of nitrogens with zero attached hydrogens (tertiary/aromatic N) is 4. The maximum atomic E-state index is 6.37. The summed E-state index contributed by atoms with van der Waals surface area (Å²) in [6, 6.07) is 55.6. The van der Waals surface area contributed by atoms with E-state index in [1.54, 1.807) is 0 Å². The fourth-order valence-electron chi connectivity index (χ4n) is 7.72. The van der Waals surface area contributed by atoms with Crippen LogP contribution in [0, 0.1) is 0 Å². The second-order valence-corrected chi connectivity index (χ2v) is 12.6. The fourth-order valence-corrected chi connectivity index (χ4v) is 7.72. The average Bonchev–Trinajstić information content (AvgIpc) is 3.80. The molecule has 0 unspecified atom stereocenters. The van der Waals surface area contributed by atoms with Gasteiger partial charge in [-0.05, 0) is 65.4 Å². The molecule has 4 heterocycles. The number of hydrogen-bond acceptors (Lipinski definition) is 3. The predicted molar refractivity (Wildman–Crippen MR) is 201 cm³/mol. The molecule has 49 heavy (non-hydrogen) atoms. The maximum Gasteiger partial charge on any atom is 0.248 e. The van der Waals surface area contributed by atoms with E-state index < -0.39 is 0 Å². The molecule has 0 atom stereocenters. The van der Waals surface area contributed by atoms with E-state index in [2.05, 4.69) is 149 Å². The first kappa shape index (κ1) is 26.4. The van der Waals surface area contributed by atoms with Gasteiger partial charge in [-0.25, -0.2) is 4.98 Å². The van der Waals surface area contributed by atoms with Crippen molar-refractivity contribution in [3.8, 4) is 22.8 Å². The molecule has 0 fully saturated rings. The third-order valence-electron chi connectivity index (χ3n) is 9.91. The van der Waals surface area contributed by atoms with Gasteiger partial charge in [-0.15, -0.1) is 0 Å². The molecule has 0 radical (unpaired) electrons. The summed E-state index contributed by atoms with van der Waals surface area (Å²) in [6.45, 7) is 0. The topological polar surface area (TPSA) is 48.8 Å². The van der Waals surface area contributed by atoms with Gasteiger partial charge in [-0.3, -0.25) is 4.57 Å². The van der Waals surface area contributed by atoms with Gasteiger partial charge in [0, 0.05) is 38.2 Å². The molecular formula is C44H26N4O. The number of aromatic nitrogens is 4. The molecule has 0 aliphatic heterocycles. The molecular weight excluding hydrogens is 601 g/mol. The van der Waals surface area contributed by atoms with Crippen LogP contribution in [0.5, 0.6) is 0 Å². The number of para-hydroxylation sites is 4. The van der Waals surface area contributed by atoms with Gasteiger partial charge >= 0.3 is 0 Å². The monoisotopic (exact) mass is 626 g/mol. The van der Waals surface area contributed by atoms with E-state index >= 15 is 0 Å². The quantitative estimate of drug-likeness (QED) is 0.196. The number of furan rings is 1. The molecule has 0 N–H and O–H groups in total. The van der Waals surface area contributed by atoms with Crippen molar-refractivity contribution in [1.82, 2.24) is 19.1 Å². The van der Waals surface area contributed by atoms with Crippen molar-refractivity contribution >= 4 is 76.6 Å². The number of benzene rings is 7. The molecule has 0 aliphatic carbocycles. The summed E-state index contributed by atoms with van der Waals surface area (Å²) in [7, 11) is 0. The van der Waals surface area contributed by atoms with E-state index in [1.165, 1.54) is 32.3 Å². The minimum atomic E-state index is 0.520. The summed E-state index contributed by atoms with van der Waals surface area (Å²) < 4.78 is 11.0. The summed E-state index contributed by atoms with van der Waals surface area (Å²) in [4.78, 5) is 10.8. The molecule has 0 amide bonds. The van der Waals surface area contributed by atoms with E-state index in [0.717, 1.165) is 61.3 Å². The van der Waals surface area contributed by atoms with Gasteiger partial charge in [0.2, 0.25) is 5.71 Å². The Morgan fingerprint density at radius 1 is 0.429 bits per heavy atom. The Kier molecular flexibility index (Phi) is 5.32. The lowest BCUT2D eigenvalue weighted by atomic mass is 10.1. The molecule has 0 saturated carbocycles. The summed E-state index contributed by atoms with van der Waals surface area (Å²) in [5.74, 6) is 0.731. The van der Waals surface area contributed by atoms with E-state index in [9.17, 15) is 0 Å². The van der Waals surface area contributed by atoms with Crippen molar-refractivity contribution in [3.05, 3.63) is 158 Å². The average molecular weight is 627 g/mol. The van der Waals surface area contributed by atoms with Crippen LogP contribution in [0.2, 0.25) is 0 Å². The highest BCUT2D eigenvalue weighted by atomic mass is 16.3.